The van der Waals surface area contributed by atoms with E-state index < -0.39 is 17.3 Å². The lowest BCUT2D eigenvalue weighted by Gasteiger charge is -2.33. The van der Waals surface area contributed by atoms with Gasteiger partial charge < -0.3 is 29.3 Å². The van der Waals surface area contributed by atoms with Crippen LogP contribution < -0.4 is 30.5 Å². The van der Waals surface area contributed by atoms with E-state index in [0.29, 0.717) is 52.5 Å². The molecule has 2 aliphatic heterocycles. The predicted molar refractivity (Wildman–Crippen MR) is 156 cm³/mol. The molecule has 0 bridgehead atoms. The number of hydrogen-bond donors (Lipinski definition) is 2. The molecule has 2 aliphatic rings. The summed E-state index contributed by atoms with van der Waals surface area (Å²) in [6, 6.07) is 9.09. The average Bonchev–Trinajstić information content (AvgIpc) is 2.90. The molecule has 0 amide bonds. The number of thiocarbonyl (C=S) groups is 1. The highest BCUT2D eigenvalue weighted by molar-refractivity contribution is 7.80. The van der Waals surface area contributed by atoms with Crippen LogP contribution in [0.2, 0.25) is 0 Å². The van der Waals surface area contributed by atoms with Crippen molar-refractivity contribution in [3.8, 4) is 17.2 Å². The molecule has 0 saturated heterocycles. The average molecular weight is 549 g/mol. The first-order valence-electron chi connectivity index (χ1n) is 13.1. The van der Waals surface area contributed by atoms with Gasteiger partial charge in [-0.1, -0.05) is 37.7 Å². The molecular weight excluding hydrogens is 516 g/mol. The number of nitrogens with one attached hydrogen (secondary N) is 2. The van der Waals surface area contributed by atoms with Crippen LogP contribution in [0.1, 0.15) is 55.1 Å². The number of ether oxygens (including phenoxy) is 3. The Kier molecular flexibility index (Phi) is 7.36. The molecule has 0 radical (unpaired) electrons. The van der Waals surface area contributed by atoms with Crippen molar-refractivity contribution in [1.82, 2.24) is 5.32 Å². The number of fused-ring (bicyclic) bond motifs is 6. The Hall–Kier alpha value is -3.85. The van der Waals surface area contributed by atoms with E-state index in [2.05, 4.69) is 10.6 Å². The van der Waals surface area contributed by atoms with Crippen molar-refractivity contribution in [2.24, 2.45) is 0 Å². The zero-order valence-electron chi connectivity index (χ0n) is 22.5. The maximum Gasteiger partial charge on any atom is 0.336 e. The standard InChI is InChI=1S/C30H32N2O6S/c1-5-8-17-13-24(34)37-29-25(17)28-19(11-12-30(2,3)38-28)27-26(29)21(33)14-18(36-27)15-32-23(39)16-31-20-9-6-7-10-22(20)35-4/h6-7,9-13,18,31H,5,8,14-16H2,1-4H3,(H,32,39). The van der Waals surface area contributed by atoms with E-state index in [4.69, 9.17) is 30.8 Å². The molecule has 204 valence electrons. The Balaban J connectivity index is 1.42. The normalized spacial score (nSPS) is 17.0. The smallest absolute Gasteiger partial charge is 0.336 e. The van der Waals surface area contributed by atoms with Gasteiger partial charge >= 0.3 is 5.63 Å². The lowest BCUT2D eigenvalue weighted by atomic mass is 9.89. The molecule has 8 nitrogen and oxygen atoms in total. The van der Waals surface area contributed by atoms with Crippen LogP contribution in [0.4, 0.5) is 5.69 Å². The number of methoxy groups -OCH3 is 1. The van der Waals surface area contributed by atoms with Gasteiger partial charge in [0.1, 0.15) is 34.5 Å². The number of ketones is 1. The van der Waals surface area contributed by atoms with Crippen LogP contribution >= 0.6 is 12.2 Å². The summed E-state index contributed by atoms with van der Waals surface area (Å²) < 4.78 is 23.8. The SMILES string of the molecule is CCCc1cc(=O)oc2c3c(c4c(c12)OC(C)(C)C=C4)OC(CNC(=S)CNc1ccccc1OC)CC3=O. The lowest BCUT2D eigenvalue weighted by Crippen LogP contribution is -2.40. The number of carbonyl (C=O) groups is 1. The fraction of sp³-hybridized carbons (Fsp3) is 0.367. The highest BCUT2D eigenvalue weighted by Gasteiger charge is 2.37. The molecule has 0 aliphatic carbocycles. The second-order valence-corrected chi connectivity index (χ2v) is 10.7. The third kappa shape index (κ3) is 5.36. The minimum atomic E-state index is -0.575. The van der Waals surface area contributed by atoms with Crippen LogP contribution in [-0.2, 0) is 6.42 Å². The zero-order valence-corrected chi connectivity index (χ0v) is 23.3. The van der Waals surface area contributed by atoms with E-state index in [-0.39, 0.29) is 17.8 Å². The summed E-state index contributed by atoms with van der Waals surface area (Å²) in [4.78, 5) is 26.6. The molecular formula is C30H32N2O6S. The van der Waals surface area contributed by atoms with Gasteiger partial charge in [-0.2, -0.15) is 0 Å². The lowest BCUT2D eigenvalue weighted by molar-refractivity contribution is 0.0853. The highest BCUT2D eigenvalue weighted by atomic mass is 32.1. The van der Waals surface area contributed by atoms with Crippen molar-refractivity contribution in [2.75, 3.05) is 25.5 Å². The minimum Gasteiger partial charge on any atom is -0.495 e. The molecule has 2 aromatic carbocycles. The topological polar surface area (TPSA) is 99.0 Å². The monoisotopic (exact) mass is 548 g/mol. The van der Waals surface area contributed by atoms with E-state index in [1.165, 1.54) is 6.07 Å². The molecule has 3 heterocycles. The Morgan fingerprint density at radius 1 is 1.21 bits per heavy atom. The molecule has 1 atom stereocenters. The maximum absolute atomic E-state index is 13.5. The fourth-order valence-corrected chi connectivity index (χ4v) is 5.17. The second-order valence-electron chi connectivity index (χ2n) is 10.3. The van der Waals surface area contributed by atoms with Gasteiger partial charge in [-0.05, 0) is 50.1 Å². The molecule has 9 heteroatoms. The number of hydrogen-bond acceptors (Lipinski definition) is 8. The quantitative estimate of drug-likeness (QED) is 0.287. The Morgan fingerprint density at radius 3 is 2.77 bits per heavy atom. The first-order chi connectivity index (χ1) is 18.7. The summed E-state index contributed by atoms with van der Waals surface area (Å²) in [6.45, 7) is 6.67. The van der Waals surface area contributed by atoms with Gasteiger partial charge in [0.05, 0.1) is 48.2 Å². The fourth-order valence-electron chi connectivity index (χ4n) is 5.01. The first-order valence-corrected chi connectivity index (χ1v) is 13.5. The number of para-hydroxylation sites is 2. The summed E-state index contributed by atoms with van der Waals surface area (Å²) in [5, 5.41) is 7.13. The molecule has 3 aromatic rings. The molecule has 1 aromatic heterocycles. The summed E-state index contributed by atoms with van der Waals surface area (Å²) in [7, 11) is 1.62. The molecule has 0 saturated carbocycles. The van der Waals surface area contributed by atoms with Crippen LogP contribution in [0.5, 0.6) is 17.2 Å². The zero-order chi connectivity index (χ0) is 27.7. The van der Waals surface area contributed by atoms with Gasteiger partial charge in [0, 0.05) is 6.07 Å². The Labute approximate surface area is 232 Å². The van der Waals surface area contributed by atoms with Crippen LogP contribution in [-0.4, -0.2) is 42.7 Å². The van der Waals surface area contributed by atoms with Crippen LogP contribution in [0, 0.1) is 0 Å². The van der Waals surface area contributed by atoms with Crippen LogP contribution in [0.3, 0.4) is 0 Å². The van der Waals surface area contributed by atoms with Crippen molar-refractivity contribution in [3.05, 3.63) is 63.5 Å². The van der Waals surface area contributed by atoms with Crippen molar-refractivity contribution in [2.45, 2.75) is 51.7 Å². The Morgan fingerprint density at radius 2 is 2.00 bits per heavy atom. The number of anilines is 1. The van der Waals surface area contributed by atoms with Gasteiger partial charge in [0.2, 0.25) is 0 Å². The van der Waals surface area contributed by atoms with Crippen molar-refractivity contribution in [3.63, 3.8) is 0 Å². The summed E-state index contributed by atoms with van der Waals surface area (Å²) in [5.74, 6) is 1.52. The Bertz CT molecular complexity index is 1540. The molecule has 0 spiro atoms. The summed E-state index contributed by atoms with van der Waals surface area (Å²) in [5.41, 5.74) is 1.78. The van der Waals surface area contributed by atoms with Crippen LogP contribution in [0.25, 0.3) is 17.0 Å². The summed E-state index contributed by atoms with van der Waals surface area (Å²) in [6.07, 6.45) is 5.01. The van der Waals surface area contributed by atoms with E-state index in [0.717, 1.165) is 23.4 Å². The number of Topliss-reactive ketones (excluding diaryl/α,β-unsaturated/α-hetero) is 1. The van der Waals surface area contributed by atoms with Crippen molar-refractivity contribution < 1.29 is 23.4 Å². The maximum atomic E-state index is 13.5. The molecule has 5 rings (SSSR count). The molecule has 0 fully saturated rings. The third-order valence-electron chi connectivity index (χ3n) is 6.80. The first kappa shape index (κ1) is 26.7. The molecule has 2 N–H and O–H groups in total. The van der Waals surface area contributed by atoms with Crippen molar-refractivity contribution in [1.29, 1.82) is 0 Å². The van der Waals surface area contributed by atoms with Crippen molar-refractivity contribution >= 4 is 45.7 Å². The van der Waals surface area contributed by atoms with Crippen LogP contribution in [0.15, 0.2) is 45.6 Å². The largest absolute Gasteiger partial charge is 0.495 e. The third-order valence-corrected chi connectivity index (χ3v) is 7.09. The highest BCUT2D eigenvalue weighted by Crippen LogP contribution is 2.48. The van der Waals surface area contributed by atoms with Gasteiger partial charge in [-0.3, -0.25) is 4.79 Å². The molecule has 1 unspecified atom stereocenters. The minimum absolute atomic E-state index is 0.119. The van der Waals surface area contributed by atoms with Gasteiger partial charge in [0.25, 0.3) is 0 Å². The second kappa shape index (κ2) is 10.7. The van der Waals surface area contributed by atoms with Gasteiger partial charge in [0.15, 0.2) is 11.4 Å². The van der Waals surface area contributed by atoms with E-state index >= 15 is 0 Å². The molecule has 39 heavy (non-hydrogen) atoms. The number of rotatable bonds is 8. The van der Waals surface area contributed by atoms with E-state index in [9.17, 15) is 9.59 Å². The number of benzene rings is 2. The number of carbonyl (C=O) groups excluding carboxylic acids is 1. The summed E-state index contributed by atoms with van der Waals surface area (Å²) >= 11 is 5.51. The predicted octanol–water partition coefficient (Wildman–Crippen LogP) is 5.30. The van der Waals surface area contributed by atoms with Gasteiger partial charge in [-0.15, -0.1) is 0 Å². The van der Waals surface area contributed by atoms with Gasteiger partial charge in [-0.25, -0.2) is 4.79 Å². The van der Waals surface area contributed by atoms with E-state index in [1.54, 1.807) is 7.11 Å². The number of aryl methyl sites for hydroxylation is 1. The van der Waals surface area contributed by atoms with E-state index in [1.807, 2.05) is 57.2 Å².